The van der Waals surface area contributed by atoms with Crippen LogP contribution < -0.4 is 16.6 Å². The smallest absolute Gasteiger partial charge is 0.321 e. The Balaban J connectivity index is 1.56. The van der Waals surface area contributed by atoms with Crippen molar-refractivity contribution in [3.8, 4) is 0 Å². The van der Waals surface area contributed by atoms with Crippen LogP contribution in [0.15, 0.2) is 80.4 Å². The number of rotatable bonds is 4. The highest BCUT2D eigenvalue weighted by Gasteiger charge is 2.12. The predicted octanol–water partition coefficient (Wildman–Crippen LogP) is 2.43. The number of pyridine rings is 2. The van der Waals surface area contributed by atoms with Crippen molar-refractivity contribution >= 4 is 34.4 Å². The number of nitrogens with zero attached hydrogens (tertiary/aromatic N) is 4. The SMILES string of the molecule is Cn1c(=O)c2cc(NC(=O)c3ccc(Sc4ccccn4)cc3)cnc2n(C)c1=O. The molecule has 0 spiro atoms. The number of carbonyl (C=O) groups excluding carboxylic acids is 1. The lowest BCUT2D eigenvalue weighted by Crippen LogP contribution is -2.37. The van der Waals surface area contributed by atoms with Crippen LogP contribution in [0.1, 0.15) is 10.4 Å². The molecule has 30 heavy (non-hydrogen) atoms. The number of hydrogen-bond donors (Lipinski definition) is 1. The van der Waals surface area contributed by atoms with Crippen LogP contribution in [0.5, 0.6) is 0 Å². The van der Waals surface area contributed by atoms with Crippen molar-refractivity contribution in [1.82, 2.24) is 19.1 Å². The predicted molar refractivity (Wildman–Crippen MR) is 115 cm³/mol. The summed E-state index contributed by atoms with van der Waals surface area (Å²) in [5, 5.41) is 3.86. The minimum atomic E-state index is -0.465. The summed E-state index contributed by atoms with van der Waals surface area (Å²) in [6.07, 6.45) is 3.15. The summed E-state index contributed by atoms with van der Waals surface area (Å²) < 4.78 is 2.30. The van der Waals surface area contributed by atoms with E-state index in [1.54, 1.807) is 25.4 Å². The van der Waals surface area contributed by atoms with Crippen molar-refractivity contribution in [2.75, 3.05) is 5.32 Å². The molecule has 0 bridgehead atoms. The first-order valence-electron chi connectivity index (χ1n) is 9.00. The maximum Gasteiger partial charge on any atom is 0.332 e. The zero-order valence-corrected chi connectivity index (χ0v) is 17.0. The summed E-state index contributed by atoms with van der Waals surface area (Å²) >= 11 is 1.50. The summed E-state index contributed by atoms with van der Waals surface area (Å²) in [5.41, 5.74) is 0.175. The van der Waals surface area contributed by atoms with E-state index in [-0.39, 0.29) is 16.9 Å². The van der Waals surface area contributed by atoms with Gasteiger partial charge in [-0.1, -0.05) is 17.8 Å². The number of nitrogens with one attached hydrogen (secondary N) is 1. The molecule has 150 valence electrons. The molecule has 0 aliphatic heterocycles. The van der Waals surface area contributed by atoms with E-state index in [2.05, 4.69) is 15.3 Å². The van der Waals surface area contributed by atoms with Crippen molar-refractivity contribution in [3.05, 3.63) is 87.3 Å². The first-order valence-corrected chi connectivity index (χ1v) is 9.82. The molecular formula is C21H17N5O3S. The molecule has 1 N–H and O–H groups in total. The maximum atomic E-state index is 12.6. The lowest BCUT2D eigenvalue weighted by molar-refractivity contribution is 0.102. The Morgan fingerprint density at radius 2 is 1.77 bits per heavy atom. The normalized spacial score (nSPS) is 10.9. The van der Waals surface area contributed by atoms with Gasteiger partial charge in [0.1, 0.15) is 10.7 Å². The van der Waals surface area contributed by atoms with Crippen molar-refractivity contribution in [1.29, 1.82) is 0 Å². The molecule has 0 aliphatic rings. The van der Waals surface area contributed by atoms with Gasteiger partial charge in [0, 0.05) is 30.8 Å². The second-order valence-electron chi connectivity index (χ2n) is 6.55. The van der Waals surface area contributed by atoms with Gasteiger partial charge in [-0.3, -0.25) is 18.7 Å². The molecule has 0 saturated heterocycles. The first kappa shape index (κ1) is 19.6. The monoisotopic (exact) mass is 419 g/mol. The molecule has 4 rings (SSSR count). The summed E-state index contributed by atoms with van der Waals surface area (Å²) in [6.45, 7) is 0. The molecule has 1 amide bonds. The van der Waals surface area contributed by atoms with Gasteiger partial charge in [-0.05, 0) is 42.5 Å². The Hall–Kier alpha value is -3.72. The van der Waals surface area contributed by atoms with Gasteiger partial charge < -0.3 is 5.32 Å². The van der Waals surface area contributed by atoms with Crippen LogP contribution in [0.4, 0.5) is 5.69 Å². The minimum absolute atomic E-state index is 0.250. The number of benzene rings is 1. The van der Waals surface area contributed by atoms with Gasteiger partial charge in [0.25, 0.3) is 11.5 Å². The number of aryl methyl sites for hydroxylation is 1. The second kappa shape index (κ2) is 7.96. The molecule has 0 radical (unpaired) electrons. The molecular weight excluding hydrogens is 402 g/mol. The lowest BCUT2D eigenvalue weighted by atomic mass is 10.2. The standard InChI is InChI=1S/C21H17N5O3S/c1-25-18-16(20(28)26(2)21(25)29)11-14(12-23-18)24-19(27)13-6-8-15(9-7-13)30-17-5-3-4-10-22-17/h3-12H,1-2H3,(H,24,27). The number of anilines is 1. The molecule has 3 aromatic heterocycles. The fourth-order valence-electron chi connectivity index (χ4n) is 2.94. The Bertz CT molecular complexity index is 1360. The molecule has 0 aliphatic carbocycles. The lowest BCUT2D eigenvalue weighted by Gasteiger charge is -2.09. The minimum Gasteiger partial charge on any atom is -0.321 e. The van der Waals surface area contributed by atoms with E-state index >= 15 is 0 Å². The highest BCUT2D eigenvalue weighted by Crippen LogP contribution is 2.25. The fourth-order valence-corrected chi connectivity index (χ4v) is 3.71. The van der Waals surface area contributed by atoms with Gasteiger partial charge in [0.15, 0.2) is 0 Å². The third-order valence-electron chi connectivity index (χ3n) is 4.53. The molecule has 0 fully saturated rings. The van der Waals surface area contributed by atoms with Crippen molar-refractivity contribution < 1.29 is 4.79 Å². The number of hydrogen-bond acceptors (Lipinski definition) is 6. The molecule has 0 unspecified atom stereocenters. The largest absolute Gasteiger partial charge is 0.332 e. The van der Waals surface area contributed by atoms with Crippen LogP contribution in [-0.2, 0) is 14.1 Å². The quantitative estimate of drug-likeness (QED) is 0.546. The topological polar surface area (TPSA) is 98.9 Å². The molecule has 4 aromatic rings. The van der Waals surface area contributed by atoms with Crippen molar-refractivity contribution in [2.45, 2.75) is 9.92 Å². The van der Waals surface area contributed by atoms with Crippen LogP contribution >= 0.6 is 11.8 Å². The Kier molecular flexibility index (Phi) is 5.20. The molecule has 3 heterocycles. The molecule has 1 aromatic carbocycles. The van der Waals surface area contributed by atoms with Crippen LogP contribution in [0.3, 0.4) is 0 Å². The van der Waals surface area contributed by atoms with E-state index in [9.17, 15) is 14.4 Å². The maximum absolute atomic E-state index is 12.6. The van der Waals surface area contributed by atoms with Gasteiger partial charge >= 0.3 is 5.69 Å². The Labute approximate surface area is 175 Å². The number of aromatic nitrogens is 4. The molecule has 0 atom stereocenters. The third kappa shape index (κ3) is 3.74. The summed E-state index contributed by atoms with van der Waals surface area (Å²) in [4.78, 5) is 46.4. The first-order chi connectivity index (χ1) is 14.4. The van der Waals surface area contributed by atoms with E-state index < -0.39 is 11.2 Å². The van der Waals surface area contributed by atoms with Crippen LogP contribution in [0.2, 0.25) is 0 Å². The van der Waals surface area contributed by atoms with Crippen molar-refractivity contribution in [3.63, 3.8) is 0 Å². The highest BCUT2D eigenvalue weighted by atomic mass is 32.2. The molecule has 9 heteroatoms. The van der Waals surface area contributed by atoms with Gasteiger partial charge in [-0.15, -0.1) is 0 Å². The number of amides is 1. The molecule has 8 nitrogen and oxygen atoms in total. The van der Waals surface area contributed by atoms with Crippen LogP contribution in [-0.4, -0.2) is 25.0 Å². The van der Waals surface area contributed by atoms with Gasteiger partial charge in [-0.2, -0.15) is 0 Å². The molecule has 0 saturated carbocycles. The van der Waals surface area contributed by atoms with Gasteiger partial charge in [0.05, 0.1) is 17.3 Å². The van der Waals surface area contributed by atoms with E-state index in [0.717, 1.165) is 14.5 Å². The van der Waals surface area contributed by atoms with Crippen LogP contribution in [0.25, 0.3) is 11.0 Å². The van der Waals surface area contributed by atoms with E-state index in [1.807, 2.05) is 30.3 Å². The number of fused-ring (bicyclic) bond motifs is 1. The summed E-state index contributed by atoms with van der Waals surface area (Å²) in [6, 6.07) is 14.3. The Morgan fingerprint density at radius 1 is 1.00 bits per heavy atom. The fraction of sp³-hybridized carbons (Fsp3) is 0.0952. The van der Waals surface area contributed by atoms with E-state index in [0.29, 0.717) is 11.3 Å². The average molecular weight is 419 g/mol. The van der Waals surface area contributed by atoms with E-state index in [1.165, 1.54) is 35.6 Å². The summed E-state index contributed by atoms with van der Waals surface area (Å²) in [5.74, 6) is -0.327. The zero-order valence-electron chi connectivity index (χ0n) is 16.2. The summed E-state index contributed by atoms with van der Waals surface area (Å²) in [7, 11) is 2.94. The Morgan fingerprint density at radius 3 is 2.47 bits per heavy atom. The van der Waals surface area contributed by atoms with E-state index in [4.69, 9.17) is 0 Å². The van der Waals surface area contributed by atoms with Crippen LogP contribution in [0, 0.1) is 0 Å². The second-order valence-corrected chi connectivity index (χ2v) is 7.64. The zero-order chi connectivity index (χ0) is 21.3. The highest BCUT2D eigenvalue weighted by molar-refractivity contribution is 7.99. The third-order valence-corrected chi connectivity index (χ3v) is 5.49. The van der Waals surface area contributed by atoms with Gasteiger partial charge in [-0.25, -0.2) is 14.8 Å². The van der Waals surface area contributed by atoms with Gasteiger partial charge in [0.2, 0.25) is 0 Å². The average Bonchev–Trinajstić information content (AvgIpc) is 2.77. The number of carbonyl (C=O) groups is 1. The van der Waals surface area contributed by atoms with Crippen molar-refractivity contribution in [2.24, 2.45) is 14.1 Å².